The number of hydrogen-bond acceptors (Lipinski definition) is 8. The van der Waals surface area contributed by atoms with Gasteiger partial charge >= 0.3 is 11.9 Å². The van der Waals surface area contributed by atoms with Gasteiger partial charge in [0.1, 0.15) is 6.04 Å². The van der Waals surface area contributed by atoms with Crippen LogP contribution >= 0.6 is 0 Å². The summed E-state index contributed by atoms with van der Waals surface area (Å²) in [5.74, 6) is -5.20. The third-order valence-corrected chi connectivity index (χ3v) is 6.26. The summed E-state index contributed by atoms with van der Waals surface area (Å²) in [6.45, 7) is 1.59. The molecule has 214 valence electrons. The molecule has 2 amide bonds. The zero-order valence-corrected chi connectivity index (χ0v) is 22.0. The first-order valence-electron chi connectivity index (χ1n) is 12.6. The van der Waals surface area contributed by atoms with Crippen LogP contribution in [0.25, 0.3) is 0 Å². The summed E-state index contributed by atoms with van der Waals surface area (Å²) in [6.07, 6.45) is -2.42. The number of nitrogens with one attached hydrogen (secondary N) is 2. The Morgan fingerprint density at radius 3 is 2.00 bits per heavy atom. The molecule has 0 spiro atoms. The van der Waals surface area contributed by atoms with Crippen LogP contribution in [-0.4, -0.2) is 57.6 Å². The molecule has 3 rings (SSSR count). The van der Waals surface area contributed by atoms with Gasteiger partial charge in [0.15, 0.2) is 6.10 Å². The first-order chi connectivity index (χ1) is 19.6. The fraction of sp³-hybridized carbons (Fsp3) is 0.241. The van der Waals surface area contributed by atoms with E-state index < -0.39 is 59.2 Å². The van der Waals surface area contributed by atoms with Crippen LogP contribution in [0.5, 0.6) is 0 Å². The first-order valence-corrected chi connectivity index (χ1v) is 12.6. The van der Waals surface area contributed by atoms with Crippen molar-refractivity contribution in [2.45, 2.75) is 37.5 Å². The van der Waals surface area contributed by atoms with Gasteiger partial charge in [-0.15, -0.1) is 0 Å². The number of carbonyl (C=O) groups excluding carboxylic acids is 3. The van der Waals surface area contributed by atoms with Gasteiger partial charge in [0.2, 0.25) is 0 Å². The number of hydrogen-bond donors (Lipinski definition) is 4. The molecule has 12 nitrogen and oxygen atoms in total. The maximum atomic E-state index is 13.3. The van der Waals surface area contributed by atoms with Crippen molar-refractivity contribution < 1.29 is 39.1 Å². The SMILES string of the molecule is CCOC(=O)C[C@@H](c1ccc([N+](=O)[O-])cc1)[C@@H](NC(=O)[C@H](O)[C@@H](NC(=O)c1ccccc1)c1ccccc1)C(=O)O. The monoisotopic (exact) mass is 563 g/mol. The highest BCUT2D eigenvalue weighted by Gasteiger charge is 2.37. The van der Waals surface area contributed by atoms with Crippen LogP contribution in [0.4, 0.5) is 5.69 Å². The number of non-ortho nitro benzene ring substituents is 1. The molecule has 0 saturated carbocycles. The molecule has 3 aromatic rings. The van der Waals surface area contributed by atoms with E-state index in [1.165, 1.54) is 12.1 Å². The van der Waals surface area contributed by atoms with E-state index in [9.17, 15) is 39.5 Å². The molecule has 0 heterocycles. The molecule has 41 heavy (non-hydrogen) atoms. The maximum absolute atomic E-state index is 13.3. The molecule has 12 heteroatoms. The highest BCUT2D eigenvalue weighted by Crippen LogP contribution is 2.28. The lowest BCUT2D eigenvalue weighted by Gasteiger charge is -2.28. The van der Waals surface area contributed by atoms with Crippen molar-refractivity contribution in [3.8, 4) is 0 Å². The Labute approximate surface area is 235 Å². The van der Waals surface area contributed by atoms with E-state index in [-0.39, 0.29) is 23.4 Å². The van der Waals surface area contributed by atoms with Crippen LogP contribution in [0.3, 0.4) is 0 Å². The van der Waals surface area contributed by atoms with Crippen molar-refractivity contribution in [1.82, 2.24) is 10.6 Å². The molecule has 0 aliphatic carbocycles. The van der Waals surface area contributed by atoms with Gasteiger partial charge in [-0.25, -0.2) is 4.79 Å². The molecule has 0 aliphatic rings. The Morgan fingerprint density at radius 2 is 1.46 bits per heavy atom. The molecule has 0 radical (unpaired) electrons. The number of carboxylic acid groups (broad SMARTS) is 1. The third kappa shape index (κ3) is 8.19. The zero-order valence-electron chi connectivity index (χ0n) is 22.0. The van der Waals surface area contributed by atoms with Gasteiger partial charge in [-0.2, -0.15) is 0 Å². The predicted octanol–water partition coefficient (Wildman–Crippen LogP) is 2.73. The number of ether oxygens (including phenoxy) is 1. The van der Waals surface area contributed by atoms with Gasteiger partial charge in [0.05, 0.1) is 24.0 Å². The Kier molecular flexibility index (Phi) is 10.6. The molecule has 0 aliphatic heterocycles. The van der Waals surface area contributed by atoms with Crippen LogP contribution in [0, 0.1) is 10.1 Å². The predicted molar refractivity (Wildman–Crippen MR) is 146 cm³/mol. The Balaban J connectivity index is 1.91. The van der Waals surface area contributed by atoms with E-state index in [0.717, 1.165) is 12.1 Å². The highest BCUT2D eigenvalue weighted by molar-refractivity contribution is 5.95. The lowest BCUT2D eigenvalue weighted by atomic mass is 9.87. The second-order valence-electron chi connectivity index (χ2n) is 8.96. The number of carbonyl (C=O) groups is 4. The second-order valence-corrected chi connectivity index (χ2v) is 8.96. The topological polar surface area (TPSA) is 185 Å². The average molecular weight is 564 g/mol. The number of aliphatic hydroxyl groups excluding tert-OH is 1. The number of nitrogens with zero attached hydrogens (tertiary/aromatic N) is 1. The average Bonchev–Trinajstić information content (AvgIpc) is 2.98. The van der Waals surface area contributed by atoms with Crippen LogP contribution < -0.4 is 10.6 Å². The molecular weight excluding hydrogens is 534 g/mol. The van der Waals surface area contributed by atoms with Gasteiger partial charge in [-0.05, 0) is 30.2 Å². The smallest absolute Gasteiger partial charge is 0.326 e. The number of carboxylic acids is 1. The van der Waals surface area contributed by atoms with E-state index in [4.69, 9.17) is 4.74 Å². The molecule has 3 aromatic carbocycles. The van der Waals surface area contributed by atoms with Crippen molar-refractivity contribution in [2.24, 2.45) is 0 Å². The molecule has 0 bridgehead atoms. The lowest BCUT2D eigenvalue weighted by Crippen LogP contribution is -2.52. The van der Waals surface area contributed by atoms with Gasteiger partial charge < -0.3 is 25.6 Å². The molecule has 0 aromatic heterocycles. The summed E-state index contributed by atoms with van der Waals surface area (Å²) in [5.41, 5.74) is 0.611. The summed E-state index contributed by atoms with van der Waals surface area (Å²) in [7, 11) is 0. The second kappa shape index (κ2) is 14.3. The van der Waals surface area contributed by atoms with E-state index in [2.05, 4.69) is 10.6 Å². The number of aliphatic hydroxyl groups is 1. The number of nitro benzene ring substituents is 1. The van der Waals surface area contributed by atoms with Crippen LogP contribution in [0.15, 0.2) is 84.9 Å². The number of esters is 1. The Hall–Kier alpha value is -5.10. The number of benzene rings is 3. The standard InChI is InChI=1S/C29H29N3O9/c1-2-41-23(33)17-22(18-13-15-21(16-14-18)32(39)40)25(29(37)38)31-28(36)26(34)24(19-9-5-3-6-10-19)30-27(35)20-11-7-4-8-12-20/h3-16,22,24-26,34H,2,17H2,1H3,(H,30,35)(H,31,36)(H,37,38)/t22-,24-,25+,26+/m0/s1. The first kappa shape index (κ1) is 30.4. The fourth-order valence-electron chi connectivity index (χ4n) is 4.21. The molecular formula is C29H29N3O9. The minimum absolute atomic E-state index is 0.0223. The van der Waals surface area contributed by atoms with E-state index in [1.807, 2.05) is 0 Å². The van der Waals surface area contributed by atoms with E-state index >= 15 is 0 Å². The molecule has 0 fully saturated rings. The van der Waals surface area contributed by atoms with E-state index in [1.54, 1.807) is 67.6 Å². The van der Waals surface area contributed by atoms with Crippen LogP contribution in [0.2, 0.25) is 0 Å². The van der Waals surface area contributed by atoms with Crippen molar-refractivity contribution >= 4 is 29.4 Å². The summed E-state index contributed by atoms with van der Waals surface area (Å²) in [5, 5.41) is 37.1. The lowest BCUT2D eigenvalue weighted by molar-refractivity contribution is -0.384. The minimum atomic E-state index is -1.94. The summed E-state index contributed by atoms with van der Waals surface area (Å²) >= 11 is 0. The fourth-order valence-corrected chi connectivity index (χ4v) is 4.21. The maximum Gasteiger partial charge on any atom is 0.326 e. The number of rotatable bonds is 13. The highest BCUT2D eigenvalue weighted by atomic mass is 16.6. The summed E-state index contributed by atoms with van der Waals surface area (Å²) in [4.78, 5) is 61.4. The minimum Gasteiger partial charge on any atom is -0.480 e. The van der Waals surface area contributed by atoms with Gasteiger partial charge in [0.25, 0.3) is 17.5 Å². The van der Waals surface area contributed by atoms with E-state index in [0.29, 0.717) is 5.56 Å². The largest absolute Gasteiger partial charge is 0.480 e. The quantitative estimate of drug-likeness (QED) is 0.138. The molecule has 4 N–H and O–H groups in total. The zero-order chi connectivity index (χ0) is 29.9. The van der Waals surface area contributed by atoms with Crippen molar-refractivity contribution in [3.63, 3.8) is 0 Å². The van der Waals surface area contributed by atoms with Gasteiger partial charge in [-0.3, -0.25) is 24.5 Å². The Bertz CT molecular complexity index is 1370. The number of amides is 2. The number of nitro groups is 1. The van der Waals surface area contributed by atoms with Crippen molar-refractivity contribution in [2.75, 3.05) is 6.61 Å². The third-order valence-electron chi connectivity index (χ3n) is 6.26. The molecule has 0 unspecified atom stereocenters. The summed E-state index contributed by atoms with van der Waals surface area (Å²) < 4.78 is 4.97. The Morgan fingerprint density at radius 1 is 0.878 bits per heavy atom. The molecule has 4 atom stereocenters. The number of aliphatic carboxylic acids is 1. The van der Waals surface area contributed by atoms with Crippen molar-refractivity contribution in [1.29, 1.82) is 0 Å². The van der Waals surface area contributed by atoms with Gasteiger partial charge in [0, 0.05) is 23.6 Å². The van der Waals surface area contributed by atoms with Crippen LogP contribution in [0.1, 0.15) is 46.8 Å². The van der Waals surface area contributed by atoms with Crippen molar-refractivity contribution in [3.05, 3.63) is 112 Å². The normalized spacial score (nSPS) is 13.6. The molecule has 0 saturated heterocycles. The summed E-state index contributed by atoms with van der Waals surface area (Å²) in [6, 6.07) is 18.1. The van der Waals surface area contributed by atoms with Crippen LogP contribution in [-0.2, 0) is 19.1 Å². The van der Waals surface area contributed by atoms with Gasteiger partial charge in [-0.1, -0.05) is 60.7 Å².